The monoisotopic (exact) mass is 247 g/mol. The van der Waals surface area contributed by atoms with Crippen LogP contribution >= 0.6 is 0 Å². The van der Waals surface area contributed by atoms with Crippen LogP contribution in [-0.4, -0.2) is 15.6 Å². The molecule has 2 aromatic rings. The highest BCUT2D eigenvalue weighted by Gasteiger charge is 2.10. The third kappa shape index (κ3) is 2.45. The van der Waals surface area contributed by atoms with Gasteiger partial charge in [0, 0.05) is 12.3 Å². The van der Waals surface area contributed by atoms with Crippen LogP contribution in [0.1, 0.15) is 15.9 Å². The Labute approximate surface area is 102 Å². The third-order valence-electron chi connectivity index (χ3n) is 2.52. The Morgan fingerprint density at radius 2 is 2.06 bits per heavy atom. The zero-order valence-electron chi connectivity index (χ0n) is 9.34. The quantitative estimate of drug-likeness (QED) is 0.898. The Balaban J connectivity index is 2.31. The van der Waals surface area contributed by atoms with Gasteiger partial charge in [0.05, 0.1) is 12.1 Å². The predicted molar refractivity (Wildman–Crippen MR) is 63.2 cm³/mol. The summed E-state index contributed by atoms with van der Waals surface area (Å²) < 4.78 is 14.8. The lowest BCUT2D eigenvalue weighted by Gasteiger charge is -2.06. The lowest BCUT2D eigenvalue weighted by atomic mass is 10.1. The van der Waals surface area contributed by atoms with Crippen molar-refractivity contribution in [3.8, 4) is 0 Å². The summed E-state index contributed by atoms with van der Waals surface area (Å²) in [6, 6.07) is 8.54. The van der Waals surface area contributed by atoms with E-state index in [4.69, 9.17) is 5.11 Å². The zero-order valence-corrected chi connectivity index (χ0v) is 9.34. The molecular formula is C13H10FNO3. The molecule has 1 aromatic heterocycles. The molecular weight excluding hydrogens is 237 g/mol. The molecule has 0 atom stereocenters. The minimum absolute atomic E-state index is 0.194. The average molecular weight is 247 g/mol. The molecule has 0 aliphatic heterocycles. The van der Waals surface area contributed by atoms with E-state index in [1.807, 2.05) is 0 Å². The van der Waals surface area contributed by atoms with Crippen LogP contribution in [0.5, 0.6) is 0 Å². The number of carbonyl (C=O) groups is 1. The van der Waals surface area contributed by atoms with Crippen molar-refractivity contribution in [3.63, 3.8) is 0 Å². The number of benzene rings is 1. The first-order valence-electron chi connectivity index (χ1n) is 5.25. The summed E-state index contributed by atoms with van der Waals surface area (Å²) in [5.41, 5.74) is -0.0369. The van der Waals surface area contributed by atoms with E-state index < -0.39 is 11.8 Å². The van der Waals surface area contributed by atoms with Crippen molar-refractivity contribution in [2.24, 2.45) is 0 Å². The summed E-state index contributed by atoms with van der Waals surface area (Å²) in [5.74, 6) is -2.11. The molecule has 0 saturated carbocycles. The van der Waals surface area contributed by atoms with Gasteiger partial charge in [-0.2, -0.15) is 0 Å². The molecule has 0 fully saturated rings. The van der Waals surface area contributed by atoms with Gasteiger partial charge in [-0.05, 0) is 23.8 Å². The Hall–Kier alpha value is -2.43. The summed E-state index contributed by atoms with van der Waals surface area (Å²) in [5, 5.41) is 8.70. The van der Waals surface area contributed by atoms with E-state index >= 15 is 0 Å². The fraction of sp³-hybridized carbons (Fsp3) is 0.0769. The van der Waals surface area contributed by atoms with Crippen molar-refractivity contribution < 1.29 is 14.3 Å². The lowest BCUT2D eigenvalue weighted by molar-refractivity contribution is 0.0692. The van der Waals surface area contributed by atoms with E-state index in [1.165, 1.54) is 22.8 Å². The Kier molecular flexibility index (Phi) is 3.23. The molecule has 0 aliphatic carbocycles. The van der Waals surface area contributed by atoms with Crippen LogP contribution in [0.25, 0.3) is 0 Å². The highest BCUT2D eigenvalue weighted by Crippen LogP contribution is 2.11. The fourth-order valence-corrected chi connectivity index (χ4v) is 1.62. The van der Waals surface area contributed by atoms with Crippen molar-refractivity contribution in [2.45, 2.75) is 6.54 Å². The molecule has 0 spiro atoms. The zero-order chi connectivity index (χ0) is 13.1. The molecule has 0 aliphatic rings. The number of hydrogen-bond donors (Lipinski definition) is 1. The van der Waals surface area contributed by atoms with Crippen LogP contribution in [0, 0.1) is 5.82 Å². The van der Waals surface area contributed by atoms with Crippen LogP contribution < -0.4 is 5.56 Å². The molecule has 18 heavy (non-hydrogen) atoms. The molecule has 1 aromatic carbocycles. The van der Waals surface area contributed by atoms with E-state index in [-0.39, 0.29) is 17.7 Å². The molecule has 92 valence electrons. The lowest BCUT2D eigenvalue weighted by Crippen LogP contribution is -2.18. The fourth-order valence-electron chi connectivity index (χ4n) is 1.62. The SMILES string of the molecule is O=C(O)c1ccc(Cn2ccccc2=O)cc1F. The molecule has 4 nitrogen and oxygen atoms in total. The highest BCUT2D eigenvalue weighted by molar-refractivity contribution is 5.87. The van der Waals surface area contributed by atoms with Gasteiger partial charge in [-0.1, -0.05) is 12.1 Å². The summed E-state index contributed by atoms with van der Waals surface area (Å²) in [4.78, 5) is 22.1. The van der Waals surface area contributed by atoms with Gasteiger partial charge < -0.3 is 9.67 Å². The van der Waals surface area contributed by atoms with Gasteiger partial charge in [0.25, 0.3) is 5.56 Å². The van der Waals surface area contributed by atoms with Crippen LogP contribution in [0.3, 0.4) is 0 Å². The number of pyridine rings is 1. The van der Waals surface area contributed by atoms with Crippen LogP contribution in [0.4, 0.5) is 4.39 Å². The van der Waals surface area contributed by atoms with Gasteiger partial charge in [-0.15, -0.1) is 0 Å². The van der Waals surface area contributed by atoms with E-state index in [0.29, 0.717) is 5.56 Å². The molecule has 0 saturated heterocycles. The van der Waals surface area contributed by atoms with Gasteiger partial charge in [0.15, 0.2) is 0 Å². The molecule has 1 heterocycles. The standard InChI is InChI=1S/C13H10FNO3/c14-11-7-9(4-5-10(11)13(17)18)8-15-6-2-1-3-12(15)16/h1-7H,8H2,(H,17,18). The predicted octanol–water partition coefficient (Wildman–Crippen LogP) is 1.73. The van der Waals surface area contributed by atoms with Crippen LogP contribution in [-0.2, 0) is 6.54 Å². The molecule has 0 radical (unpaired) electrons. The molecule has 2 rings (SSSR count). The van der Waals surface area contributed by atoms with E-state index in [0.717, 1.165) is 6.07 Å². The highest BCUT2D eigenvalue weighted by atomic mass is 19.1. The average Bonchev–Trinajstić information content (AvgIpc) is 2.32. The number of rotatable bonds is 3. The van der Waals surface area contributed by atoms with Crippen molar-refractivity contribution in [1.29, 1.82) is 0 Å². The Morgan fingerprint density at radius 3 is 2.67 bits per heavy atom. The third-order valence-corrected chi connectivity index (χ3v) is 2.52. The van der Waals surface area contributed by atoms with Crippen molar-refractivity contribution in [3.05, 3.63) is 69.9 Å². The first kappa shape index (κ1) is 12.0. The largest absolute Gasteiger partial charge is 0.478 e. The van der Waals surface area contributed by atoms with Gasteiger partial charge >= 0.3 is 5.97 Å². The molecule has 5 heteroatoms. The molecule has 1 N–H and O–H groups in total. The van der Waals surface area contributed by atoms with E-state index in [9.17, 15) is 14.0 Å². The second-order valence-electron chi connectivity index (χ2n) is 3.79. The number of carboxylic acids is 1. The van der Waals surface area contributed by atoms with Crippen molar-refractivity contribution in [2.75, 3.05) is 0 Å². The maximum Gasteiger partial charge on any atom is 0.338 e. The molecule has 0 bridgehead atoms. The van der Waals surface area contributed by atoms with Crippen molar-refractivity contribution in [1.82, 2.24) is 4.57 Å². The number of nitrogens with zero attached hydrogens (tertiary/aromatic N) is 1. The normalized spacial score (nSPS) is 10.3. The van der Waals surface area contributed by atoms with E-state index in [1.54, 1.807) is 18.3 Å². The van der Waals surface area contributed by atoms with Gasteiger partial charge in [-0.25, -0.2) is 9.18 Å². The first-order valence-corrected chi connectivity index (χ1v) is 5.25. The topological polar surface area (TPSA) is 59.3 Å². The minimum Gasteiger partial charge on any atom is -0.478 e. The summed E-state index contributed by atoms with van der Waals surface area (Å²) in [7, 11) is 0. The second-order valence-corrected chi connectivity index (χ2v) is 3.79. The van der Waals surface area contributed by atoms with E-state index in [2.05, 4.69) is 0 Å². The van der Waals surface area contributed by atoms with Gasteiger partial charge in [0.2, 0.25) is 0 Å². The maximum absolute atomic E-state index is 13.4. The molecule has 0 unspecified atom stereocenters. The van der Waals surface area contributed by atoms with Crippen molar-refractivity contribution >= 4 is 5.97 Å². The minimum atomic E-state index is -1.31. The number of halogens is 1. The first-order chi connectivity index (χ1) is 8.58. The molecule has 0 amide bonds. The summed E-state index contributed by atoms with van der Waals surface area (Å²) in [6.07, 6.45) is 1.59. The number of carboxylic acid groups (broad SMARTS) is 1. The van der Waals surface area contributed by atoms with Crippen LogP contribution in [0.15, 0.2) is 47.4 Å². The number of aromatic nitrogens is 1. The smallest absolute Gasteiger partial charge is 0.338 e. The summed E-state index contributed by atoms with van der Waals surface area (Å²) >= 11 is 0. The second kappa shape index (κ2) is 4.83. The Bertz CT molecular complexity index is 649. The number of aromatic carboxylic acids is 1. The van der Waals surface area contributed by atoms with Gasteiger partial charge in [0.1, 0.15) is 5.82 Å². The maximum atomic E-state index is 13.4. The van der Waals surface area contributed by atoms with Gasteiger partial charge in [-0.3, -0.25) is 4.79 Å². The summed E-state index contributed by atoms with van der Waals surface area (Å²) in [6.45, 7) is 0.205. The van der Waals surface area contributed by atoms with Crippen LogP contribution in [0.2, 0.25) is 0 Å². The Morgan fingerprint density at radius 1 is 1.28 bits per heavy atom. The number of hydrogen-bond acceptors (Lipinski definition) is 2.